The van der Waals surface area contributed by atoms with Crippen molar-refractivity contribution in [3.8, 4) is 0 Å². The lowest BCUT2D eigenvalue weighted by atomic mass is 10.1. The van der Waals surface area contributed by atoms with Gasteiger partial charge in [-0.15, -0.1) is 0 Å². The molecule has 1 aliphatic rings. The van der Waals surface area contributed by atoms with Crippen molar-refractivity contribution in [1.29, 1.82) is 0 Å². The summed E-state index contributed by atoms with van der Waals surface area (Å²) in [6, 6.07) is 3.72. The second-order valence-electron chi connectivity index (χ2n) is 4.96. The van der Waals surface area contributed by atoms with Gasteiger partial charge in [-0.1, -0.05) is 12.8 Å². The highest BCUT2D eigenvalue weighted by Crippen LogP contribution is 2.40. The molecule has 2 rings (SSSR count). The molecular formula is C14H21N3OS. The lowest BCUT2D eigenvalue weighted by Gasteiger charge is -2.27. The number of anilines is 1. The molecule has 0 aliphatic heterocycles. The highest BCUT2D eigenvalue weighted by molar-refractivity contribution is 8.00. The number of hydrogen-bond acceptors (Lipinski definition) is 4. The summed E-state index contributed by atoms with van der Waals surface area (Å²) in [5.74, 6) is -0.149. The third kappa shape index (κ3) is 3.41. The molecule has 0 aromatic carbocycles. The van der Waals surface area contributed by atoms with E-state index >= 15 is 0 Å². The minimum atomic E-state index is -0.149. The van der Waals surface area contributed by atoms with Crippen LogP contribution < -0.4 is 10.6 Å². The number of amides is 1. The summed E-state index contributed by atoms with van der Waals surface area (Å²) >= 11 is 1.96. The van der Waals surface area contributed by atoms with Crippen molar-refractivity contribution in [3.05, 3.63) is 24.0 Å². The number of hydrogen-bond donors (Lipinski definition) is 2. The average Bonchev–Trinajstić information content (AvgIpc) is 2.94. The van der Waals surface area contributed by atoms with E-state index in [1.165, 1.54) is 25.7 Å². The lowest BCUT2D eigenvalue weighted by Crippen LogP contribution is -2.30. The summed E-state index contributed by atoms with van der Waals surface area (Å²) in [6.07, 6.45) is 9.05. The van der Waals surface area contributed by atoms with Crippen molar-refractivity contribution in [2.45, 2.75) is 30.4 Å². The monoisotopic (exact) mass is 279 g/mol. The van der Waals surface area contributed by atoms with E-state index in [4.69, 9.17) is 0 Å². The summed E-state index contributed by atoms with van der Waals surface area (Å²) in [6.45, 7) is 0.950. The number of carbonyl (C=O) groups excluding carboxylic acids is 1. The molecule has 2 N–H and O–H groups in total. The Morgan fingerprint density at radius 2 is 2.21 bits per heavy atom. The molecule has 1 heterocycles. The van der Waals surface area contributed by atoms with Crippen LogP contribution in [0.3, 0.4) is 0 Å². The summed E-state index contributed by atoms with van der Waals surface area (Å²) in [7, 11) is 1.62. The van der Waals surface area contributed by atoms with Crippen LogP contribution in [0.5, 0.6) is 0 Å². The Labute approximate surface area is 118 Å². The quantitative estimate of drug-likeness (QED) is 0.869. The summed E-state index contributed by atoms with van der Waals surface area (Å²) < 4.78 is 0.358. The van der Waals surface area contributed by atoms with Gasteiger partial charge in [0.05, 0.1) is 0 Å². The van der Waals surface area contributed by atoms with Crippen LogP contribution in [-0.4, -0.2) is 35.5 Å². The van der Waals surface area contributed by atoms with Crippen molar-refractivity contribution in [2.24, 2.45) is 0 Å². The molecule has 1 aliphatic carbocycles. The number of nitrogens with zero attached hydrogens (tertiary/aromatic N) is 1. The van der Waals surface area contributed by atoms with Gasteiger partial charge in [0.2, 0.25) is 0 Å². The average molecular weight is 279 g/mol. The number of pyridine rings is 1. The second-order valence-corrected chi connectivity index (χ2v) is 6.23. The molecule has 0 bridgehead atoms. The summed E-state index contributed by atoms with van der Waals surface area (Å²) in [5, 5.41) is 6.05. The van der Waals surface area contributed by atoms with Crippen LogP contribution in [0, 0.1) is 0 Å². The highest BCUT2D eigenvalue weighted by Gasteiger charge is 2.32. The van der Waals surface area contributed by atoms with Crippen LogP contribution in [0.15, 0.2) is 18.3 Å². The van der Waals surface area contributed by atoms with E-state index in [1.807, 2.05) is 23.9 Å². The predicted molar refractivity (Wildman–Crippen MR) is 80.8 cm³/mol. The van der Waals surface area contributed by atoms with Gasteiger partial charge in [-0.3, -0.25) is 9.78 Å². The van der Waals surface area contributed by atoms with Gasteiger partial charge < -0.3 is 10.6 Å². The zero-order chi connectivity index (χ0) is 13.7. The van der Waals surface area contributed by atoms with E-state index in [2.05, 4.69) is 21.9 Å². The van der Waals surface area contributed by atoms with E-state index in [0.717, 1.165) is 12.2 Å². The van der Waals surface area contributed by atoms with Crippen LogP contribution in [0.25, 0.3) is 0 Å². The van der Waals surface area contributed by atoms with E-state index < -0.39 is 0 Å². The smallest absolute Gasteiger partial charge is 0.269 e. The molecule has 0 radical (unpaired) electrons. The molecule has 0 atom stereocenters. The minimum Gasteiger partial charge on any atom is -0.384 e. The molecule has 1 saturated carbocycles. The van der Waals surface area contributed by atoms with Crippen LogP contribution in [0.2, 0.25) is 0 Å². The molecule has 5 heteroatoms. The maximum Gasteiger partial charge on any atom is 0.269 e. The first-order chi connectivity index (χ1) is 9.19. The Balaban J connectivity index is 2.01. The minimum absolute atomic E-state index is 0.149. The fourth-order valence-electron chi connectivity index (χ4n) is 2.53. The molecule has 1 aromatic rings. The Hall–Kier alpha value is -1.23. The molecule has 1 fully saturated rings. The normalized spacial score (nSPS) is 17.2. The van der Waals surface area contributed by atoms with Crippen molar-refractivity contribution in [3.63, 3.8) is 0 Å². The maximum atomic E-state index is 11.5. The summed E-state index contributed by atoms with van der Waals surface area (Å²) in [4.78, 5) is 15.6. The Bertz CT molecular complexity index is 444. The van der Waals surface area contributed by atoms with Gasteiger partial charge in [0.25, 0.3) is 5.91 Å². The zero-order valence-electron chi connectivity index (χ0n) is 11.5. The Morgan fingerprint density at radius 3 is 2.84 bits per heavy atom. The van der Waals surface area contributed by atoms with Crippen LogP contribution in [-0.2, 0) is 0 Å². The van der Waals surface area contributed by atoms with E-state index in [-0.39, 0.29) is 5.91 Å². The lowest BCUT2D eigenvalue weighted by molar-refractivity contribution is 0.0958. The molecule has 1 aromatic heterocycles. The fourth-order valence-corrected chi connectivity index (χ4v) is 3.44. The molecule has 0 spiro atoms. The second kappa shape index (κ2) is 6.28. The molecule has 0 saturated heterocycles. The predicted octanol–water partition coefficient (Wildman–Crippen LogP) is 2.53. The molecule has 1 amide bonds. The largest absolute Gasteiger partial charge is 0.384 e. The van der Waals surface area contributed by atoms with Crippen molar-refractivity contribution >= 4 is 23.4 Å². The van der Waals surface area contributed by atoms with Gasteiger partial charge in [-0.25, -0.2) is 0 Å². The SMILES string of the molecule is CNC(=O)c1cc(NCC2(SC)CCCC2)ccn1. The van der Waals surface area contributed by atoms with Gasteiger partial charge in [0, 0.05) is 30.2 Å². The van der Waals surface area contributed by atoms with Crippen molar-refractivity contribution in [1.82, 2.24) is 10.3 Å². The van der Waals surface area contributed by atoms with Gasteiger partial charge in [0.15, 0.2) is 0 Å². The van der Waals surface area contributed by atoms with Crippen LogP contribution in [0.1, 0.15) is 36.2 Å². The molecule has 104 valence electrons. The first-order valence-electron chi connectivity index (χ1n) is 6.66. The number of rotatable bonds is 5. The first-order valence-corrected chi connectivity index (χ1v) is 7.89. The third-order valence-corrected chi connectivity index (χ3v) is 5.20. The summed E-state index contributed by atoms with van der Waals surface area (Å²) in [5.41, 5.74) is 1.42. The standard InChI is InChI=1S/C14H21N3OS/c1-15-13(18)12-9-11(5-8-16-12)17-10-14(19-2)6-3-4-7-14/h5,8-9H,3-4,6-7,10H2,1-2H3,(H,15,18)(H,16,17). The Kier molecular flexibility index (Phi) is 4.69. The topological polar surface area (TPSA) is 54.0 Å². The number of thioether (sulfide) groups is 1. The maximum absolute atomic E-state index is 11.5. The highest BCUT2D eigenvalue weighted by atomic mass is 32.2. The molecule has 0 unspecified atom stereocenters. The van der Waals surface area contributed by atoms with Crippen LogP contribution in [0.4, 0.5) is 5.69 Å². The number of carbonyl (C=O) groups is 1. The molecular weight excluding hydrogens is 258 g/mol. The van der Waals surface area contributed by atoms with Gasteiger partial charge in [0.1, 0.15) is 5.69 Å². The van der Waals surface area contributed by atoms with E-state index in [1.54, 1.807) is 13.2 Å². The third-order valence-electron chi connectivity index (χ3n) is 3.78. The number of nitrogens with one attached hydrogen (secondary N) is 2. The van der Waals surface area contributed by atoms with Gasteiger partial charge in [-0.2, -0.15) is 11.8 Å². The van der Waals surface area contributed by atoms with E-state index in [0.29, 0.717) is 10.4 Å². The van der Waals surface area contributed by atoms with Gasteiger partial charge in [-0.05, 0) is 31.2 Å². The van der Waals surface area contributed by atoms with Crippen molar-refractivity contribution in [2.75, 3.05) is 25.2 Å². The van der Waals surface area contributed by atoms with E-state index in [9.17, 15) is 4.79 Å². The molecule has 19 heavy (non-hydrogen) atoms. The molecule has 4 nitrogen and oxygen atoms in total. The zero-order valence-corrected chi connectivity index (χ0v) is 12.3. The van der Waals surface area contributed by atoms with Crippen molar-refractivity contribution < 1.29 is 4.79 Å². The van der Waals surface area contributed by atoms with Crippen LogP contribution >= 0.6 is 11.8 Å². The number of aromatic nitrogens is 1. The Morgan fingerprint density at radius 1 is 1.47 bits per heavy atom. The fraction of sp³-hybridized carbons (Fsp3) is 0.571. The first kappa shape index (κ1) is 14.2. The van der Waals surface area contributed by atoms with Gasteiger partial charge >= 0.3 is 0 Å².